The molecule has 1 unspecified atom stereocenters. The van der Waals surface area contributed by atoms with Crippen molar-refractivity contribution in [2.45, 2.75) is 32.7 Å². The van der Waals surface area contributed by atoms with Crippen LogP contribution < -0.4 is 10.2 Å². The van der Waals surface area contributed by atoms with Crippen LogP contribution in [0.5, 0.6) is 0 Å². The summed E-state index contributed by atoms with van der Waals surface area (Å²) in [4.78, 5) is 2.11. The van der Waals surface area contributed by atoms with Crippen molar-refractivity contribution in [3.63, 3.8) is 0 Å². The standard InChI is InChI=1S/C19H26N2/c1-14(2)16-6-8-17(9-7-16)15(3)20-18-10-12-19(13-11-18)21(4)5/h6-15,20H,1-5H3. The van der Waals surface area contributed by atoms with Crippen LogP contribution in [-0.2, 0) is 0 Å². The molecule has 0 bridgehead atoms. The fourth-order valence-electron chi connectivity index (χ4n) is 2.36. The van der Waals surface area contributed by atoms with E-state index >= 15 is 0 Å². The van der Waals surface area contributed by atoms with Crippen molar-refractivity contribution in [2.24, 2.45) is 0 Å². The van der Waals surface area contributed by atoms with E-state index in [0.717, 1.165) is 5.69 Å². The number of nitrogens with one attached hydrogen (secondary N) is 1. The third kappa shape index (κ3) is 4.01. The summed E-state index contributed by atoms with van der Waals surface area (Å²) < 4.78 is 0. The fraction of sp³-hybridized carbons (Fsp3) is 0.368. The molecule has 2 aromatic rings. The monoisotopic (exact) mass is 282 g/mol. The lowest BCUT2D eigenvalue weighted by atomic mass is 9.99. The van der Waals surface area contributed by atoms with Gasteiger partial charge in [-0.15, -0.1) is 0 Å². The maximum absolute atomic E-state index is 3.55. The lowest BCUT2D eigenvalue weighted by Gasteiger charge is -2.18. The molecule has 0 saturated heterocycles. The molecule has 21 heavy (non-hydrogen) atoms. The molecular weight excluding hydrogens is 256 g/mol. The molecule has 0 fully saturated rings. The van der Waals surface area contributed by atoms with Crippen molar-refractivity contribution >= 4 is 11.4 Å². The van der Waals surface area contributed by atoms with Crippen LogP contribution in [0.3, 0.4) is 0 Å². The first-order valence-electron chi connectivity index (χ1n) is 7.61. The summed E-state index contributed by atoms with van der Waals surface area (Å²) in [5.41, 5.74) is 5.08. The van der Waals surface area contributed by atoms with Gasteiger partial charge >= 0.3 is 0 Å². The average molecular weight is 282 g/mol. The van der Waals surface area contributed by atoms with Crippen molar-refractivity contribution in [3.05, 3.63) is 59.7 Å². The minimum absolute atomic E-state index is 0.302. The topological polar surface area (TPSA) is 15.3 Å². The zero-order valence-electron chi connectivity index (χ0n) is 13.7. The Kier molecular flexibility index (Phi) is 4.89. The predicted molar refractivity (Wildman–Crippen MR) is 93.3 cm³/mol. The van der Waals surface area contributed by atoms with Gasteiger partial charge in [0.2, 0.25) is 0 Å². The first kappa shape index (κ1) is 15.4. The highest BCUT2D eigenvalue weighted by molar-refractivity contribution is 5.55. The van der Waals surface area contributed by atoms with E-state index in [1.165, 1.54) is 16.8 Å². The van der Waals surface area contributed by atoms with Gasteiger partial charge in [0.15, 0.2) is 0 Å². The van der Waals surface area contributed by atoms with Crippen molar-refractivity contribution in [3.8, 4) is 0 Å². The second-order valence-corrected chi connectivity index (χ2v) is 6.13. The Bertz CT molecular complexity index is 553. The van der Waals surface area contributed by atoms with E-state index in [4.69, 9.17) is 0 Å². The maximum atomic E-state index is 3.55. The van der Waals surface area contributed by atoms with Crippen molar-refractivity contribution in [1.29, 1.82) is 0 Å². The van der Waals surface area contributed by atoms with Gasteiger partial charge in [0.25, 0.3) is 0 Å². The molecule has 112 valence electrons. The third-order valence-corrected chi connectivity index (χ3v) is 3.87. The zero-order valence-corrected chi connectivity index (χ0v) is 13.7. The van der Waals surface area contributed by atoms with E-state index in [1.54, 1.807) is 0 Å². The lowest BCUT2D eigenvalue weighted by molar-refractivity contribution is 0.852. The first-order valence-corrected chi connectivity index (χ1v) is 7.61. The second kappa shape index (κ2) is 6.66. The van der Waals surface area contributed by atoms with Crippen molar-refractivity contribution < 1.29 is 0 Å². The van der Waals surface area contributed by atoms with Gasteiger partial charge in [0, 0.05) is 31.5 Å². The van der Waals surface area contributed by atoms with Crippen LogP contribution in [0, 0.1) is 0 Å². The van der Waals surface area contributed by atoms with Gasteiger partial charge in [0.1, 0.15) is 0 Å². The molecule has 1 N–H and O–H groups in total. The van der Waals surface area contributed by atoms with E-state index in [0.29, 0.717) is 12.0 Å². The molecule has 2 rings (SSSR count). The molecule has 2 aromatic carbocycles. The minimum atomic E-state index is 0.302. The Hall–Kier alpha value is -1.96. The summed E-state index contributed by atoms with van der Waals surface area (Å²) in [7, 11) is 4.11. The number of hydrogen-bond acceptors (Lipinski definition) is 2. The highest BCUT2D eigenvalue weighted by Gasteiger charge is 2.06. The number of benzene rings is 2. The van der Waals surface area contributed by atoms with Crippen LogP contribution in [0.25, 0.3) is 0 Å². The van der Waals surface area contributed by atoms with Crippen LogP contribution in [0.1, 0.15) is 43.9 Å². The zero-order chi connectivity index (χ0) is 15.4. The average Bonchev–Trinajstić information content (AvgIpc) is 2.47. The van der Waals surface area contributed by atoms with E-state index in [2.05, 4.69) is 93.6 Å². The molecule has 0 saturated carbocycles. The van der Waals surface area contributed by atoms with Gasteiger partial charge in [-0.25, -0.2) is 0 Å². The summed E-state index contributed by atoms with van der Waals surface area (Å²) in [5.74, 6) is 0.584. The molecule has 2 nitrogen and oxygen atoms in total. The highest BCUT2D eigenvalue weighted by atomic mass is 15.1. The predicted octanol–water partition coefficient (Wildman–Crippen LogP) is 5.05. The molecule has 0 aromatic heterocycles. The van der Waals surface area contributed by atoms with Gasteiger partial charge in [-0.3, -0.25) is 0 Å². The van der Waals surface area contributed by atoms with Crippen molar-refractivity contribution in [2.75, 3.05) is 24.3 Å². The normalized spacial score (nSPS) is 12.3. The van der Waals surface area contributed by atoms with E-state index in [-0.39, 0.29) is 0 Å². The summed E-state index contributed by atoms with van der Waals surface area (Å²) >= 11 is 0. The van der Waals surface area contributed by atoms with Gasteiger partial charge < -0.3 is 10.2 Å². The number of hydrogen-bond donors (Lipinski definition) is 1. The maximum Gasteiger partial charge on any atom is 0.0485 e. The summed E-state index contributed by atoms with van der Waals surface area (Å²) in [5, 5.41) is 3.55. The summed E-state index contributed by atoms with van der Waals surface area (Å²) in [6, 6.07) is 17.7. The van der Waals surface area contributed by atoms with E-state index < -0.39 is 0 Å². The molecule has 1 atom stereocenters. The van der Waals surface area contributed by atoms with Crippen LogP contribution >= 0.6 is 0 Å². The van der Waals surface area contributed by atoms with Crippen LogP contribution in [0.4, 0.5) is 11.4 Å². The fourth-order valence-corrected chi connectivity index (χ4v) is 2.36. The van der Waals surface area contributed by atoms with Crippen LogP contribution in [0.15, 0.2) is 48.5 Å². The number of nitrogens with zero attached hydrogens (tertiary/aromatic N) is 1. The largest absolute Gasteiger partial charge is 0.379 e. The Labute approximate surface area is 128 Å². The smallest absolute Gasteiger partial charge is 0.0485 e. The quantitative estimate of drug-likeness (QED) is 0.825. The van der Waals surface area contributed by atoms with Crippen molar-refractivity contribution in [1.82, 2.24) is 0 Å². The Balaban J connectivity index is 2.04. The molecule has 0 heterocycles. The van der Waals surface area contributed by atoms with Gasteiger partial charge in [-0.2, -0.15) is 0 Å². The Morgan fingerprint density at radius 3 is 1.76 bits per heavy atom. The molecule has 0 radical (unpaired) electrons. The number of rotatable bonds is 5. The third-order valence-electron chi connectivity index (χ3n) is 3.87. The lowest BCUT2D eigenvalue weighted by Crippen LogP contribution is -2.09. The van der Waals surface area contributed by atoms with Gasteiger partial charge in [-0.1, -0.05) is 38.1 Å². The van der Waals surface area contributed by atoms with E-state index in [1.807, 2.05) is 0 Å². The molecule has 2 heteroatoms. The first-order chi connectivity index (χ1) is 9.97. The summed E-state index contributed by atoms with van der Waals surface area (Å²) in [6.07, 6.45) is 0. The Morgan fingerprint density at radius 2 is 1.29 bits per heavy atom. The molecule has 0 aliphatic heterocycles. The molecular formula is C19H26N2. The van der Waals surface area contributed by atoms with Crippen LogP contribution in [0.2, 0.25) is 0 Å². The second-order valence-electron chi connectivity index (χ2n) is 6.13. The Morgan fingerprint density at radius 1 is 0.762 bits per heavy atom. The van der Waals surface area contributed by atoms with Gasteiger partial charge in [-0.05, 0) is 48.2 Å². The van der Waals surface area contributed by atoms with E-state index in [9.17, 15) is 0 Å². The molecule has 0 aliphatic carbocycles. The molecule has 0 spiro atoms. The molecule has 0 aliphatic rings. The van der Waals surface area contributed by atoms with Gasteiger partial charge in [0.05, 0.1) is 0 Å². The summed E-state index contributed by atoms with van der Waals surface area (Å²) in [6.45, 7) is 6.65. The SMILES string of the molecule is CC(C)c1ccc(C(C)Nc2ccc(N(C)C)cc2)cc1. The van der Waals surface area contributed by atoms with Crippen LogP contribution in [-0.4, -0.2) is 14.1 Å². The molecule has 0 amide bonds. The highest BCUT2D eigenvalue weighted by Crippen LogP contribution is 2.23. The minimum Gasteiger partial charge on any atom is -0.379 e. The number of anilines is 2.